The summed E-state index contributed by atoms with van der Waals surface area (Å²) in [7, 11) is 0. The van der Waals surface area contributed by atoms with Crippen LogP contribution in [0, 0.1) is 0 Å². The predicted molar refractivity (Wildman–Crippen MR) is 123 cm³/mol. The van der Waals surface area contributed by atoms with Gasteiger partial charge < -0.3 is 5.32 Å². The summed E-state index contributed by atoms with van der Waals surface area (Å²) >= 11 is 7.60. The van der Waals surface area contributed by atoms with Gasteiger partial charge in [-0.3, -0.25) is 14.2 Å². The van der Waals surface area contributed by atoms with Crippen LogP contribution in [-0.2, 0) is 4.79 Å². The maximum atomic E-state index is 13.3. The van der Waals surface area contributed by atoms with Gasteiger partial charge in [-0.15, -0.1) is 0 Å². The standard InChI is InChI=1S/C23H18ClN3O2S/c1-15(21(28)25-16-9-3-2-4-10-16)30-23-26-19-13-7-5-11-17(19)22(29)27(23)20-14-8-6-12-18(20)24/h2-15H,1H3,(H,25,28). The Hall–Kier alpha value is -3.09. The number of nitrogens with zero attached hydrogens (tertiary/aromatic N) is 2. The zero-order valence-electron chi connectivity index (χ0n) is 16.1. The molecule has 0 fully saturated rings. The van der Waals surface area contributed by atoms with Gasteiger partial charge in [0.05, 0.1) is 26.9 Å². The minimum Gasteiger partial charge on any atom is -0.325 e. The molecule has 5 nitrogen and oxygen atoms in total. The topological polar surface area (TPSA) is 64.0 Å². The SMILES string of the molecule is CC(Sc1nc2ccccc2c(=O)n1-c1ccccc1Cl)C(=O)Nc1ccccc1. The van der Waals surface area contributed by atoms with Crippen molar-refractivity contribution < 1.29 is 4.79 Å². The molecule has 0 aliphatic heterocycles. The summed E-state index contributed by atoms with van der Waals surface area (Å²) in [5, 5.41) is 3.71. The fourth-order valence-electron chi connectivity index (χ4n) is 3.01. The highest BCUT2D eigenvalue weighted by atomic mass is 35.5. The Bertz CT molecular complexity index is 1270. The number of thioether (sulfide) groups is 1. The van der Waals surface area contributed by atoms with Crippen molar-refractivity contribution in [1.82, 2.24) is 9.55 Å². The Morgan fingerprint density at radius 1 is 1.00 bits per heavy atom. The molecule has 0 bridgehead atoms. The van der Waals surface area contributed by atoms with Crippen LogP contribution in [0.2, 0.25) is 5.02 Å². The quantitative estimate of drug-likeness (QED) is 0.347. The van der Waals surface area contributed by atoms with E-state index in [2.05, 4.69) is 10.3 Å². The number of fused-ring (bicyclic) bond motifs is 1. The number of rotatable bonds is 5. The number of carbonyl (C=O) groups is 1. The number of nitrogens with one attached hydrogen (secondary N) is 1. The first-order valence-corrected chi connectivity index (χ1v) is 10.6. The molecule has 150 valence electrons. The largest absolute Gasteiger partial charge is 0.325 e. The normalized spacial score (nSPS) is 11.9. The molecule has 0 saturated heterocycles. The molecule has 1 atom stereocenters. The molecule has 1 aromatic heterocycles. The number of carbonyl (C=O) groups excluding carboxylic acids is 1. The molecule has 3 aromatic carbocycles. The molecule has 1 heterocycles. The van der Waals surface area contributed by atoms with E-state index in [0.717, 1.165) is 0 Å². The number of hydrogen-bond acceptors (Lipinski definition) is 4. The van der Waals surface area contributed by atoms with Gasteiger partial charge in [0, 0.05) is 5.69 Å². The van der Waals surface area contributed by atoms with E-state index >= 15 is 0 Å². The van der Waals surface area contributed by atoms with Gasteiger partial charge in [-0.05, 0) is 43.3 Å². The maximum absolute atomic E-state index is 13.3. The van der Waals surface area contributed by atoms with Gasteiger partial charge in [0.25, 0.3) is 5.56 Å². The molecule has 30 heavy (non-hydrogen) atoms. The minimum absolute atomic E-state index is 0.181. The van der Waals surface area contributed by atoms with Gasteiger partial charge in [-0.25, -0.2) is 4.98 Å². The van der Waals surface area contributed by atoms with Gasteiger partial charge in [-0.1, -0.05) is 65.8 Å². The summed E-state index contributed by atoms with van der Waals surface area (Å²) in [4.78, 5) is 30.7. The second-order valence-corrected chi connectivity index (χ2v) is 8.33. The second-order valence-electron chi connectivity index (χ2n) is 6.62. The van der Waals surface area contributed by atoms with Crippen molar-refractivity contribution in [1.29, 1.82) is 0 Å². The zero-order chi connectivity index (χ0) is 21.1. The van der Waals surface area contributed by atoms with Crippen molar-refractivity contribution in [3.63, 3.8) is 0 Å². The monoisotopic (exact) mass is 435 g/mol. The van der Waals surface area contributed by atoms with Crippen LogP contribution in [0.4, 0.5) is 5.69 Å². The summed E-state index contributed by atoms with van der Waals surface area (Å²) in [6.45, 7) is 1.78. The van der Waals surface area contributed by atoms with E-state index in [-0.39, 0.29) is 11.5 Å². The molecule has 1 amide bonds. The lowest BCUT2D eigenvalue weighted by molar-refractivity contribution is -0.115. The number of aromatic nitrogens is 2. The van der Waals surface area contributed by atoms with Gasteiger partial charge in [0.2, 0.25) is 5.91 Å². The number of benzene rings is 3. The summed E-state index contributed by atoms with van der Waals surface area (Å²) in [6.07, 6.45) is 0. The van der Waals surface area contributed by atoms with Crippen LogP contribution in [-0.4, -0.2) is 20.7 Å². The molecule has 4 rings (SSSR count). The average Bonchev–Trinajstić information content (AvgIpc) is 2.75. The van der Waals surface area contributed by atoms with Gasteiger partial charge in [0.15, 0.2) is 5.16 Å². The van der Waals surface area contributed by atoms with Crippen LogP contribution in [0.3, 0.4) is 0 Å². The van der Waals surface area contributed by atoms with E-state index < -0.39 is 5.25 Å². The van der Waals surface area contributed by atoms with Crippen molar-refractivity contribution >= 4 is 45.9 Å². The molecule has 0 aliphatic carbocycles. The van der Waals surface area contributed by atoms with Crippen LogP contribution in [0.1, 0.15) is 6.92 Å². The fraction of sp³-hybridized carbons (Fsp3) is 0.0870. The third-order valence-electron chi connectivity index (χ3n) is 4.53. The third kappa shape index (κ3) is 4.10. The molecule has 0 spiro atoms. The number of halogens is 1. The molecular formula is C23H18ClN3O2S. The smallest absolute Gasteiger partial charge is 0.266 e. The average molecular weight is 436 g/mol. The Morgan fingerprint density at radius 2 is 1.67 bits per heavy atom. The lowest BCUT2D eigenvalue weighted by Crippen LogP contribution is -2.26. The Morgan fingerprint density at radius 3 is 2.43 bits per heavy atom. The highest BCUT2D eigenvalue weighted by molar-refractivity contribution is 8.00. The fourth-order valence-corrected chi connectivity index (χ4v) is 4.15. The van der Waals surface area contributed by atoms with Crippen molar-refractivity contribution in [2.75, 3.05) is 5.32 Å². The molecule has 1 N–H and O–H groups in total. The van der Waals surface area contributed by atoms with E-state index in [1.807, 2.05) is 42.5 Å². The molecule has 0 aliphatic rings. The Balaban J connectivity index is 1.76. The highest BCUT2D eigenvalue weighted by Crippen LogP contribution is 2.28. The van der Waals surface area contributed by atoms with E-state index in [9.17, 15) is 9.59 Å². The number of hydrogen-bond donors (Lipinski definition) is 1. The van der Waals surface area contributed by atoms with Gasteiger partial charge in [0.1, 0.15) is 0 Å². The summed E-state index contributed by atoms with van der Waals surface area (Å²) in [5.41, 5.74) is 1.58. The Labute approximate surface area is 182 Å². The van der Waals surface area contributed by atoms with Crippen LogP contribution in [0.5, 0.6) is 0 Å². The minimum atomic E-state index is -0.494. The molecule has 4 aromatic rings. The van der Waals surface area contributed by atoms with Crippen LogP contribution in [0.15, 0.2) is 88.8 Å². The molecule has 7 heteroatoms. The lowest BCUT2D eigenvalue weighted by Gasteiger charge is -2.17. The Kier molecular flexibility index (Phi) is 5.88. The molecule has 1 unspecified atom stereocenters. The summed E-state index contributed by atoms with van der Waals surface area (Å²) in [6, 6.07) is 23.5. The van der Waals surface area contributed by atoms with E-state index in [4.69, 9.17) is 11.6 Å². The summed E-state index contributed by atoms with van der Waals surface area (Å²) in [5.74, 6) is -0.181. The summed E-state index contributed by atoms with van der Waals surface area (Å²) < 4.78 is 1.47. The van der Waals surface area contributed by atoms with Crippen LogP contribution >= 0.6 is 23.4 Å². The highest BCUT2D eigenvalue weighted by Gasteiger charge is 2.21. The number of anilines is 1. The van der Waals surface area contributed by atoms with Crippen molar-refractivity contribution in [2.45, 2.75) is 17.3 Å². The van der Waals surface area contributed by atoms with Crippen molar-refractivity contribution in [3.05, 3.63) is 94.2 Å². The number of para-hydroxylation sites is 3. The third-order valence-corrected chi connectivity index (χ3v) is 5.90. The predicted octanol–water partition coefficient (Wildman–Crippen LogP) is 5.16. The zero-order valence-corrected chi connectivity index (χ0v) is 17.7. The molecular weight excluding hydrogens is 418 g/mol. The molecule has 0 radical (unpaired) electrons. The lowest BCUT2D eigenvalue weighted by atomic mass is 10.2. The van der Waals surface area contributed by atoms with E-state index in [1.54, 1.807) is 43.3 Å². The van der Waals surface area contributed by atoms with Crippen LogP contribution < -0.4 is 10.9 Å². The first kappa shape index (κ1) is 20.2. The van der Waals surface area contributed by atoms with E-state index in [1.165, 1.54) is 16.3 Å². The maximum Gasteiger partial charge on any atom is 0.266 e. The van der Waals surface area contributed by atoms with Crippen molar-refractivity contribution in [2.24, 2.45) is 0 Å². The number of amides is 1. The van der Waals surface area contributed by atoms with Crippen molar-refractivity contribution in [3.8, 4) is 5.69 Å². The first-order chi connectivity index (χ1) is 14.5. The van der Waals surface area contributed by atoms with Crippen LogP contribution in [0.25, 0.3) is 16.6 Å². The van der Waals surface area contributed by atoms with Gasteiger partial charge in [-0.2, -0.15) is 0 Å². The molecule has 0 saturated carbocycles. The first-order valence-electron chi connectivity index (χ1n) is 9.34. The van der Waals surface area contributed by atoms with Gasteiger partial charge >= 0.3 is 0 Å². The van der Waals surface area contributed by atoms with E-state index in [0.29, 0.717) is 32.5 Å². The second kappa shape index (κ2) is 8.73.